The summed E-state index contributed by atoms with van der Waals surface area (Å²) in [6, 6.07) is 9.25. The topological polar surface area (TPSA) is 78.9 Å². The van der Waals surface area contributed by atoms with E-state index in [1.807, 2.05) is 30.3 Å². The first-order valence-corrected chi connectivity index (χ1v) is 11.7. The van der Waals surface area contributed by atoms with Gasteiger partial charge < -0.3 is 14.2 Å². The van der Waals surface area contributed by atoms with Gasteiger partial charge >= 0.3 is 17.9 Å². The molecule has 0 aromatic heterocycles. The minimum atomic E-state index is -0.517. The zero-order valence-electron chi connectivity index (χ0n) is 18.9. The van der Waals surface area contributed by atoms with E-state index in [-0.39, 0.29) is 30.4 Å². The molecule has 2 aliphatic rings. The fourth-order valence-electron chi connectivity index (χ4n) is 4.93. The van der Waals surface area contributed by atoms with Gasteiger partial charge in [-0.1, -0.05) is 24.8 Å². The monoisotopic (exact) mass is 442 g/mol. The molecule has 0 bridgehead atoms. The van der Waals surface area contributed by atoms with Crippen molar-refractivity contribution in [3.05, 3.63) is 43.0 Å². The average molecular weight is 443 g/mol. The van der Waals surface area contributed by atoms with Crippen LogP contribution in [0.15, 0.2) is 43.0 Å². The van der Waals surface area contributed by atoms with Crippen molar-refractivity contribution in [3.8, 4) is 5.75 Å². The lowest BCUT2D eigenvalue weighted by molar-refractivity contribution is -0.161. The summed E-state index contributed by atoms with van der Waals surface area (Å²) in [6.45, 7) is 5.11. The largest absolute Gasteiger partial charge is 0.459 e. The second kappa shape index (κ2) is 11.8. The molecule has 6 nitrogen and oxygen atoms in total. The van der Waals surface area contributed by atoms with Gasteiger partial charge in [-0.3, -0.25) is 9.59 Å². The summed E-state index contributed by atoms with van der Waals surface area (Å²) in [5.41, 5.74) is 0. The van der Waals surface area contributed by atoms with Gasteiger partial charge in [-0.05, 0) is 82.3 Å². The van der Waals surface area contributed by atoms with Gasteiger partial charge in [-0.2, -0.15) is 0 Å². The Kier molecular flexibility index (Phi) is 8.89. The molecule has 6 heteroatoms. The summed E-state index contributed by atoms with van der Waals surface area (Å²) in [6.07, 6.45) is 8.16. The Hall–Kier alpha value is -2.63. The Balaban J connectivity index is 1.36. The molecule has 2 saturated carbocycles. The van der Waals surface area contributed by atoms with E-state index in [2.05, 4.69) is 6.58 Å². The number of carbonyl (C=O) groups is 3. The Morgan fingerprint density at radius 3 is 1.97 bits per heavy atom. The Bertz CT molecular complexity index is 773. The van der Waals surface area contributed by atoms with E-state index in [4.69, 9.17) is 14.2 Å². The molecule has 0 aliphatic heterocycles. The van der Waals surface area contributed by atoms with Crippen molar-refractivity contribution in [2.24, 2.45) is 23.7 Å². The van der Waals surface area contributed by atoms with Crippen molar-refractivity contribution in [1.29, 1.82) is 0 Å². The van der Waals surface area contributed by atoms with Gasteiger partial charge in [-0.15, -0.1) is 0 Å². The van der Waals surface area contributed by atoms with Gasteiger partial charge in [0, 0.05) is 6.08 Å². The lowest BCUT2D eigenvalue weighted by atomic mass is 9.69. The molecule has 0 N–H and O–H groups in total. The predicted molar refractivity (Wildman–Crippen MR) is 120 cm³/mol. The van der Waals surface area contributed by atoms with Gasteiger partial charge in [0.25, 0.3) is 0 Å². The highest BCUT2D eigenvalue weighted by molar-refractivity contribution is 5.81. The van der Waals surface area contributed by atoms with Crippen LogP contribution in [-0.4, -0.2) is 30.6 Å². The SMILES string of the molecule is C=CC(=O)OCC(C)OC(=O)C1CCC(C2CCC(C(=O)Oc3ccccc3)CC2)CC1. The normalized spacial score (nSPS) is 26.4. The van der Waals surface area contributed by atoms with Crippen molar-refractivity contribution in [3.63, 3.8) is 0 Å². The molecule has 1 aromatic carbocycles. The summed E-state index contributed by atoms with van der Waals surface area (Å²) < 4.78 is 15.9. The molecule has 0 amide bonds. The summed E-state index contributed by atoms with van der Waals surface area (Å²) in [5.74, 6) is 0.901. The van der Waals surface area contributed by atoms with E-state index < -0.39 is 12.1 Å². The predicted octanol–water partition coefficient (Wildman–Crippen LogP) is 4.87. The Morgan fingerprint density at radius 1 is 0.906 bits per heavy atom. The highest BCUT2D eigenvalue weighted by Crippen LogP contribution is 2.42. The zero-order valence-corrected chi connectivity index (χ0v) is 18.9. The van der Waals surface area contributed by atoms with Crippen molar-refractivity contribution in [2.45, 2.75) is 64.4 Å². The molecule has 174 valence electrons. The smallest absolute Gasteiger partial charge is 0.330 e. The maximum Gasteiger partial charge on any atom is 0.330 e. The molecule has 1 unspecified atom stereocenters. The third-order valence-corrected chi connectivity index (χ3v) is 6.78. The number of hydrogen-bond donors (Lipinski definition) is 0. The van der Waals surface area contributed by atoms with Crippen LogP contribution in [0.5, 0.6) is 5.75 Å². The molecular formula is C26H34O6. The molecule has 1 atom stereocenters. The zero-order chi connectivity index (χ0) is 22.9. The van der Waals surface area contributed by atoms with Crippen LogP contribution in [0.2, 0.25) is 0 Å². The van der Waals surface area contributed by atoms with Crippen molar-refractivity contribution in [1.82, 2.24) is 0 Å². The summed E-state index contributed by atoms with van der Waals surface area (Å²) >= 11 is 0. The quantitative estimate of drug-likeness (QED) is 0.325. The fraction of sp³-hybridized carbons (Fsp3) is 0.577. The fourth-order valence-corrected chi connectivity index (χ4v) is 4.93. The van der Waals surface area contributed by atoms with Gasteiger partial charge in [0.05, 0.1) is 11.8 Å². The van der Waals surface area contributed by atoms with E-state index in [9.17, 15) is 14.4 Å². The molecule has 0 spiro atoms. The van der Waals surface area contributed by atoms with Crippen molar-refractivity contribution >= 4 is 17.9 Å². The molecule has 2 aliphatic carbocycles. The molecule has 1 aromatic rings. The molecule has 0 radical (unpaired) electrons. The molecule has 0 saturated heterocycles. The van der Waals surface area contributed by atoms with E-state index in [1.165, 1.54) is 0 Å². The minimum Gasteiger partial charge on any atom is -0.459 e. The number of para-hydroxylation sites is 1. The van der Waals surface area contributed by atoms with E-state index >= 15 is 0 Å². The lowest BCUT2D eigenvalue weighted by Crippen LogP contribution is -2.32. The standard InChI is InChI=1S/C26H34O6/c1-3-24(27)30-17-18(2)31-25(28)21-13-9-19(10-14-21)20-11-15-22(16-12-20)26(29)32-23-7-5-4-6-8-23/h3-8,18-22H,1,9-17H2,2H3. The summed E-state index contributed by atoms with van der Waals surface area (Å²) in [5, 5.41) is 0. The number of hydrogen-bond acceptors (Lipinski definition) is 6. The third-order valence-electron chi connectivity index (χ3n) is 6.78. The van der Waals surface area contributed by atoms with Crippen LogP contribution < -0.4 is 4.74 Å². The van der Waals surface area contributed by atoms with Crippen LogP contribution in [0.25, 0.3) is 0 Å². The molecule has 3 rings (SSSR count). The molecular weight excluding hydrogens is 408 g/mol. The molecule has 2 fully saturated rings. The number of rotatable bonds is 8. The second-order valence-electron chi connectivity index (χ2n) is 9.04. The first-order chi connectivity index (χ1) is 15.5. The van der Waals surface area contributed by atoms with Crippen LogP contribution in [0.4, 0.5) is 0 Å². The maximum atomic E-state index is 12.5. The van der Waals surface area contributed by atoms with E-state index in [1.54, 1.807) is 6.92 Å². The van der Waals surface area contributed by atoms with Crippen LogP contribution in [0.3, 0.4) is 0 Å². The van der Waals surface area contributed by atoms with E-state index in [0.717, 1.165) is 57.4 Å². The number of carbonyl (C=O) groups excluding carboxylic acids is 3. The number of benzene rings is 1. The van der Waals surface area contributed by atoms with Crippen LogP contribution >= 0.6 is 0 Å². The third kappa shape index (κ3) is 6.94. The lowest BCUT2D eigenvalue weighted by Gasteiger charge is -2.37. The van der Waals surface area contributed by atoms with E-state index in [0.29, 0.717) is 17.6 Å². The van der Waals surface area contributed by atoms with Crippen LogP contribution in [0.1, 0.15) is 58.3 Å². The van der Waals surface area contributed by atoms with Crippen molar-refractivity contribution < 1.29 is 28.6 Å². The summed E-state index contributed by atoms with van der Waals surface area (Å²) in [7, 11) is 0. The average Bonchev–Trinajstić information content (AvgIpc) is 2.83. The van der Waals surface area contributed by atoms with Crippen LogP contribution in [0, 0.1) is 23.7 Å². The molecule has 32 heavy (non-hydrogen) atoms. The van der Waals surface area contributed by atoms with Gasteiger partial charge in [0.1, 0.15) is 18.5 Å². The Labute approximate surface area is 190 Å². The Morgan fingerprint density at radius 2 is 1.44 bits per heavy atom. The first-order valence-electron chi connectivity index (χ1n) is 11.7. The van der Waals surface area contributed by atoms with Crippen LogP contribution in [-0.2, 0) is 23.9 Å². The number of esters is 3. The second-order valence-corrected chi connectivity index (χ2v) is 9.04. The minimum absolute atomic E-state index is 0.0190. The van der Waals surface area contributed by atoms with Gasteiger partial charge in [-0.25, -0.2) is 4.79 Å². The van der Waals surface area contributed by atoms with Gasteiger partial charge in [0.2, 0.25) is 0 Å². The van der Waals surface area contributed by atoms with Gasteiger partial charge in [0.15, 0.2) is 0 Å². The number of ether oxygens (including phenoxy) is 3. The molecule has 0 heterocycles. The highest BCUT2D eigenvalue weighted by atomic mass is 16.6. The summed E-state index contributed by atoms with van der Waals surface area (Å²) in [4.78, 5) is 36.0. The maximum absolute atomic E-state index is 12.5. The first kappa shape index (κ1) is 24.0. The highest BCUT2D eigenvalue weighted by Gasteiger charge is 2.35. The van der Waals surface area contributed by atoms with Crippen molar-refractivity contribution in [2.75, 3.05) is 6.61 Å².